The zero-order chi connectivity index (χ0) is 17.5. The van der Waals surface area contributed by atoms with Gasteiger partial charge < -0.3 is 19.8 Å². The highest BCUT2D eigenvalue weighted by Crippen LogP contribution is 2.32. The summed E-state index contributed by atoms with van der Waals surface area (Å²) in [7, 11) is 1.68. The van der Waals surface area contributed by atoms with Crippen molar-refractivity contribution < 1.29 is 9.47 Å². The molecule has 1 aliphatic rings. The van der Waals surface area contributed by atoms with Gasteiger partial charge in [-0.3, -0.25) is 4.90 Å². The Labute approximate surface area is 149 Å². The van der Waals surface area contributed by atoms with E-state index >= 15 is 0 Å². The number of hydrogen-bond acceptors (Lipinski definition) is 5. The molecule has 6 nitrogen and oxygen atoms in total. The highest BCUT2D eigenvalue weighted by atomic mass is 16.5. The van der Waals surface area contributed by atoms with E-state index in [9.17, 15) is 0 Å². The number of imidazole rings is 1. The van der Waals surface area contributed by atoms with Crippen molar-refractivity contribution in [1.29, 1.82) is 0 Å². The summed E-state index contributed by atoms with van der Waals surface area (Å²) in [4.78, 5) is 6.48. The normalized spacial score (nSPS) is 18.7. The third kappa shape index (κ3) is 4.96. The lowest BCUT2D eigenvalue weighted by Crippen LogP contribution is -2.35. The number of hydrogen-bond donors (Lipinski definition) is 1. The maximum absolute atomic E-state index is 6.20. The van der Waals surface area contributed by atoms with Gasteiger partial charge >= 0.3 is 0 Å². The Morgan fingerprint density at radius 3 is 3.04 bits per heavy atom. The van der Waals surface area contributed by atoms with Crippen molar-refractivity contribution in [3.8, 4) is 11.5 Å². The summed E-state index contributed by atoms with van der Waals surface area (Å²) < 4.78 is 13.6. The zero-order valence-corrected chi connectivity index (χ0v) is 14.9. The van der Waals surface area contributed by atoms with Crippen molar-refractivity contribution in [3.63, 3.8) is 0 Å². The van der Waals surface area contributed by atoms with Crippen LogP contribution in [0, 0.1) is 0 Å². The molecule has 2 N–H and O–H groups in total. The van der Waals surface area contributed by atoms with Crippen LogP contribution in [0.1, 0.15) is 24.8 Å². The van der Waals surface area contributed by atoms with Crippen molar-refractivity contribution >= 4 is 0 Å². The Morgan fingerprint density at radius 2 is 2.24 bits per heavy atom. The maximum Gasteiger partial charge on any atom is 0.165 e. The van der Waals surface area contributed by atoms with Crippen molar-refractivity contribution in [3.05, 3.63) is 42.5 Å². The van der Waals surface area contributed by atoms with Gasteiger partial charge in [-0.1, -0.05) is 18.6 Å². The van der Waals surface area contributed by atoms with Crippen molar-refractivity contribution in [1.82, 2.24) is 14.5 Å². The lowest BCUT2D eigenvalue weighted by Gasteiger charge is -2.24. The third-order valence-electron chi connectivity index (χ3n) is 4.62. The summed E-state index contributed by atoms with van der Waals surface area (Å²) >= 11 is 0. The highest BCUT2D eigenvalue weighted by Gasteiger charge is 2.18. The molecule has 25 heavy (non-hydrogen) atoms. The van der Waals surface area contributed by atoms with Gasteiger partial charge in [0.05, 0.1) is 20.0 Å². The van der Waals surface area contributed by atoms with E-state index in [2.05, 4.69) is 16.0 Å². The van der Waals surface area contributed by atoms with E-state index in [4.69, 9.17) is 15.2 Å². The average molecular weight is 344 g/mol. The van der Waals surface area contributed by atoms with Gasteiger partial charge in [0, 0.05) is 37.1 Å². The predicted molar refractivity (Wildman–Crippen MR) is 97.8 cm³/mol. The molecule has 1 aromatic heterocycles. The van der Waals surface area contributed by atoms with Gasteiger partial charge in [0.25, 0.3) is 0 Å². The Morgan fingerprint density at radius 1 is 1.32 bits per heavy atom. The molecule has 1 aromatic carbocycles. The molecule has 0 amide bonds. The summed E-state index contributed by atoms with van der Waals surface area (Å²) in [5, 5.41) is 0. The molecule has 1 atom stereocenters. The van der Waals surface area contributed by atoms with Crippen molar-refractivity contribution in [2.24, 2.45) is 5.73 Å². The van der Waals surface area contributed by atoms with Crippen LogP contribution < -0.4 is 15.2 Å². The molecule has 0 bridgehead atoms. The van der Waals surface area contributed by atoms with E-state index in [1.807, 2.05) is 22.9 Å². The predicted octanol–water partition coefficient (Wildman–Crippen LogP) is 2.28. The smallest absolute Gasteiger partial charge is 0.165 e. The molecular formula is C19H28N4O2. The fraction of sp³-hybridized carbons (Fsp3) is 0.526. The number of nitrogens with two attached hydrogens (primary N) is 1. The van der Waals surface area contributed by atoms with E-state index in [0.29, 0.717) is 6.61 Å². The average Bonchev–Trinajstić information content (AvgIpc) is 3.04. The molecule has 1 aliphatic heterocycles. The number of benzene rings is 1. The summed E-state index contributed by atoms with van der Waals surface area (Å²) in [6.07, 6.45) is 9.04. The van der Waals surface area contributed by atoms with Crippen LogP contribution >= 0.6 is 0 Å². The van der Waals surface area contributed by atoms with E-state index in [0.717, 1.165) is 49.7 Å². The SMILES string of the molecule is COc1cccc(CN2CCCCC(N)C2)c1OCCn1ccnc1. The van der Waals surface area contributed by atoms with E-state index in [1.165, 1.54) is 12.8 Å². The molecule has 2 aromatic rings. The van der Waals surface area contributed by atoms with Crippen molar-refractivity contribution in [2.75, 3.05) is 26.8 Å². The Hall–Kier alpha value is -2.05. The molecule has 0 radical (unpaired) electrons. The first kappa shape index (κ1) is 17.8. The molecule has 1 saturated heterocycles. The van der Waals surface area contributed by atoms with Gasteiger partial charge in [-0.15, -0.1) is 0 Å². The first-order valence-electron chi connectivity index (χ1n) is 8.98. The third-order valence-corrected chi connectivity index (χ3v) is 4.62. The first-order valence-corrected chi connectivity index (χ1v) is 8.98. The van der Waals surface area contributed by atoms with Gasteiger partial charge in [0.2, 0.25) is 0 Å². The minimum absolute atomic E-state index is 0.263. The summed E-state index contributed by atoms with van der Waals surface area (Å²) in [6, 6.07) is 6.35. The summed E-state index contributed by atoms with van der Waals surface area (Å²) in [6.45, 7) is 4.19. The van der Waals surface area contributed by atoms with Crippen LogP contribution in [0.2, 0.25) is 0 Å². The molecule has 6 heteroatoms. The molecular weight excluding hydrogens is 316 g/mol. The Bertz CT molecular complexity index is 645. The van der Waals surface area contributed by atoms with E-state index in [1.54, 1.807) is 19.6 Å². The van der Waals surface area contributed by atoms with Crippen LogP contribution in [-0.4, -0.2) is 47.3 Å². The van der Waals surface area contributed by atoms with Gasteiger partial charge in [0.15, 0.2) is 11.5 Å². The van der Waals surface area contributed by atoms with Gasteiger partial charge in [-0.2, -0.15) is 0 Å². The number of nitrogens with zero attached hydrogens (tertiary/aromatic N) is 3. The van der Waals surface area contributed by atoms with Crippen LogP contribution in [-0.2, 0) is 13.1 Å². The number of para-hydroxylation sites is 1. The van der Waals surface area contributed by atoms with Crippen LogP contribution in [0.4, 0.5) is 0 Å². The number of rotatable bonds is 7. The standard InChI is InChI=1S/C19H28N4O2/c1-24-18-7-4-5-16(13-23-9-3-2-6-17(20)14-23)19(18)25-12-11-22-10-8-21-15-22/h4-5,7-8,10,15,17H,2-3,6,9,11-14,20H2,1H3. The fourth-order valence-corrected chi connectivity index (χ4v) is 3.32. The number of likely N-dealkylation sites (tertiary alicyclic amines) is 1. The monoisotopic (exact) mass is 344 g/mol. The molecule has 1 unspecified atom stereocenters. The summed E-state index contributed by atoms with van der Waals surface area (Å²) in [5.41, 5.74) is 7.35. The lowest BCUT2D eigenvalue weighted by atomic mass is 10.1. The Balaban J connectivity index is 1.69. The van der Waals surface area contributed by atoms with Crippen LogP contribution in [0.25, 0.3) is 0 Å². The van der Waals surface area contributed by atoms with Gasteiger partial charge in [-0.05, 0) is 25.5 Å². The zero-order valence-electron chi connectivity index (χ0n) is 14.9. The molecule has 136 valence electrons. The molecule has 3 rings (SSSR count). The topological polar surface area (TPSA) is 65.5 Å². The molecule has 0 aliphatic carbocycles. The molecule has 2 heterocycles. The quantitative estimate of drug-likeness (QED) is 0.835. The number of ether oxygens (including phenoxy) is 2. The summed E-state index contributed by atoms with van der Waals surface area (Å²) in [5.74, 6) is 1.62. The first-order chi connectivity index (χ1) is 12.3. The van der Waals surface area contributed by atoms with E-state index < -0.39 is 0 Å². The second kappa shape index (κ2) is 8.87. The Kier molecular flexibility index (Phi) is 6.30. The molecule has 0 spiro atoms. The lowest BCUT2D eigenvalue weighted by molar-refractivity contribution is 0.246. The molecule has 1 fully saturated rings. The van der Waals surface area contributed by atoms with E-state index in [-0.39, 0.29) is 6.04 Å². The van der Waals surface area contributed by atoms with Crippen LogP contribution in [0.15, 0.2) is 36.9 Å². The second-order valence-corrected chi connectivity index (χ2v) is 6.59. The van der Waals surface area contributed by atoms with Gasteiger partial charge in [0.1, 0.15) is 6.61 Å². The fourth-order valence-electron chi connectivity index (χ4n) is 3.32. The van der Waals surface area contributed by atoms with Crippen LogP contribution in [0.5, 0.6) is 11.5 Å². The van der Waals surface area contributed by atoms with Crippen LogP contribution in [0.3, 0.4) is 0 Å². The highest BCUT2D eigenvalue weighted by molar-refractivity contribution is 5.46. The number of aromatic nitrogens is 2. The second-order valence-electron chi connectivity index (χ2n) is 6.59. The largest absolute Gasteiger partial charge is 0.493 e. The maximum atomic E-state index is 6.20. The minimum Gasteiger partial charge on any atom is -0.493 e. The van der Waals surface area contributed by atoms with Gasteiger partial charge in [-0.25, -0.2) is 4.98 Å². The molecule has 0 saturated carbocycles. The number of methoxy groups -OCH3 is 1. The van der Waals surface area contributed by atoms with Crippen molar-refractivity contribution in [2.45, 2.75) is 38.4 Å². The minimum atomic E-state index is 0.263.